The van der Waals surface area contributed by atoms with Crippen LogP contribution in [-0.2, 0) is 0 Å². The predicted octanol–water partition coefficient (Wildman–Crippen LogP) is 4.62. The number of fused-ring (bicyclic) bond motifs is 1. The molecule has 0 unspecified atom stereocenters. The average molecular weight is 506 g/mol. The van der Waals surface area contributed by atoms with Gasteiger partial charge in [-0.25, -0.2) is 4.79 Å². The number of hydrogen-bond acceptors (Lipinski definition) is 6. The summed E-state index contributed by atoms with van der Waals surface area (Å²) in [6.45, 7) is 9.85. The summed E-state index contributed by atoms with van der Waals surface area (Å²) >= 11 is 0. The summed E-state index contributed by atoms with van der Waals surface area (Å²) in [7, 11) is 1.61. The highest BCUT2D eigenvalue weighted by Gasteiger charge is 2.29. The number of nitrogens with zero attached hydrogens (tertiary/aromatic N) is 2. The summed E-state index contributed by atoms with van der Waals surface area (Å²) < 4.78 is 7.89. The van der Waals surface area contributed by atoms with Crippen molar-refractivity contribution in [1.29, 1.82) is 10.8 Å². The van der Waals surface area contributed by atoms with Gasteiger partial charge in [0.25, 0.3) is 0 Å². The highest BCUT2D eigenvalue weighted by Crippen LogP contribution is 2.38. The first-order chi connectivity index (χ1) is 17.4. The second-order valence-electron chi connectivity index (χ2n) is 10.6. The van der Waals surface area contributed by atoms with Gasteiger partial charge in [-0.15, -0.1) is 0 Å². The fraction of sp³-hybridized carbons (Fsp3) is 0.429. The minimum Gasteiger partial charge on any atom is -0.484 e. The lowest BCUT2D eigenvalue weighted by atomic mass is 9.85. The fourth-order valence-electron chi connectivity index (χ4n) is 4.05. The van der Waals surface area contributed by atoms with Crippen LogP contribution in [0.2, 0.25) is 0 Å². The maximum Gasteiger partial charge on any atom is 0.320 e. The molecule has 37 heavy (non-hydrogen) atoms. The molecule has 9 heteroatoms. The molecule has 1 heterocycles. The molecular formula is C28H39N7O2. The van der Waals surface area contributed by atoms with Crippen molar-refractivity contribution in [1.82, 2.24) is 15.2 Å². The number of aliphatic imine (C=N–C) groups is 1. The molecule has 1 aliphatic rings. The van der Waals surface area contributed by atoms with Gasteiger partial charge in [-0.1, -0.05) is 58.9 Å². The third-order valence-corrected chi connectivity index (χ3v) is 6.39. The number of hydrogen-bond donors (Lipinski definition) is 5. The molecule has 9 nitrogen and oxygen atoms in total. The average Bonchev–Trinajstić information content (AvgIpc) is 2.85. The van der Waals surface area contributed by atoms with Gasteiger partial charge in [0.2, 0.25) is 0 Å². The molecular weight excluding hydrogens is 466 g/mol. The molecule has 0 saturated carbocycles. The minimum atomic E-state index is -0.350. The quantitative estimate of drug-likeness (QED) is 0.299. The van der Waals surface area contributed by atoms with Crippen LogP contribution < -0.4 is 26.6 Å². The zero-order valence-electron chi connectivity index (χ0n) is 22.6. The lowest BCUT2D eigenvalue weighted by molar-refractivity contribution is 0.171. The fourth-order valence-corrected chi connectivity index (χ4v) is 4.05. The molecule has 1 aromatic carbocycles. The highest BCUT2D eigenvalue weighted by atomic mass is 16.5. The Bertz CT molecular complexity index is 1270. The number of amides is 2. The Morgan fingerprint density at radius 2 is 1.86 bits per heavy atom. The molecule has 0 spiro atoms. The molecule has 3 rings (SSSR count). The summed E-state index contributed by atoms with van der Waals surface area (Å²) in [5.74, 6) is 1.31. The molecule has 1 aromatic heterocycles. The van der Waals surface area contributed by atoms with Gasteiger partial charge in [0.15, 0.2) is 0 Å². The molecule has 0 fully saturated rings. The van der Waals surface area contributed by atoms with Crippen molar-refractivity contribution < 1.29 is 9.53 Å². The van der Waals surface area contributed by atoms with E-state index in [0.29, 0.717) is 36.0 Å². The molecule has 6 N–H and O–H groups in total. The molecule has 2 atom stereocenters. The number of carbonyl (C=O) groups is 1. The van der Waals surface area contributed by atoms with Crippen molar-refractivity contribution in [2.75, 3.05) is 7.05 Å². The Kier molecular flexibility index (Phi) is 8.57. The van der Waals surface area contributed by atoms with Gasteiger partial charge in [0, 0.05) is 24.1 Å². The van der Waals surface area contributed by atoms with Gasteiger partial charge < -0.3 is 15.8 Å². The van der Waals surface area contributed by atoms with Crippen LogP contribution in [0.25, 0.3) is 0 Å². The number of aromatic nitrogens is 1. The number of rotatable bonds is 5. The van der Waals surface area contributed by atoms with Crippen molar-refractivity contribution in [3.63, 3.8) is 0 Å². The summed E-state index contributed by atoms with van der Waals surface area (Å²) in [6.07, 6.45) is 4.56. The molecule has 1 aliphatic carbocycles. The highest BCUT2D eigenvalue weighted by molar-refractivity contribution is 6.04. The lowest BCUT2D eigenvalue weighted by Crippen LogP contribution is -2.42. The summed E-state index contributed by atoms with van der Waals surface area (Å²) in [6, 6.07) is 10.8. The van der Waals surface area contributed by atoms with Gasteiger partial charge in [0.05, 0.1) is 12.2 Å². The summed E-state index contributed by atoms with van der Waals surface area (Å²) in [5, 5.41) is 22.3. The normalized spacial score (nSPS) is 18.2. The van der Waals surface area contributed by atoms with Gasteiger partial charge in [-0.3, -0.25) is 25.7 Å². The molecule has 0 bridgehead atoms. The van der Waals surface area contributed by atoms with E-state index in [4.69, 9.17) is 21.3 Å². The number of nitrogens with two attached hydrogens (primary N) is 1. The Balaban J connectivity index is 1.76. The number of nitrogens with one attached hydrogen (secondary N) is 4. The number of pyridine rings is 1. The topological polar surface area (TPSA) is 141 Å². The molecule has 198 valence electrons. The number of benzene rings is 1. The maximum atomic E-state index is 12.8. The van der Waals surface area contributed by atoms with Crippen molar-refractivity contribution >= 4 is 17.7 Å². The zero-order chi connectivity index (χ0) is 27.3. The standard InChI is InChI=1S/C28H39N7O2/c1-17(2)26(31)35-16-18(11-14-24(35)30)37-22-13-12-21(19-9-7-8-10-20(19)22)33-27(36)34-25(32-6)15-23(29)28(3,4)5/h7-11,14-17,21-22,30-31H,12-13,29H2,1-6H3,(H2,32,33,34,36)/b23-15-,30-24?,31-26?/t21-,22+/m0/s1. The molecule has 2 aromatic rings. The number of urea groups is 1. The Hall–Kier alpha value is -3.88. The second kappa shape index (κ2) is 11.5. The van der Waals surface area contributed by atoms with Crippen LogP contribution in [-0.4, -0.2) is 29.3 Å². The second-order valence-corrected chi connectivity index (χ2v) is 10.6. The van der Waals surface area contributed by atoms with E-state index in [9.17, 15) is 4.79 Å². The van der Waals surface area contributed by atoms with E-state index in [0.717, 1.165) is 11.1 Å². The van der Waals surface area contributed by atoms with Crippen molar-refractivity contribution in [2.24, 2.45) is 22.1 Å². The van der Waals surface area contributed by atoms with Gasteiger partial charge in [0.1, 0.15) is 29.0 Å². The van der Waals surface area contributed by atoms with E-state index < -0.39 is 0 Å². The molecule has 0 radical (unpaired) electrons. The van der Waals surface area contributed by atoms with Crippen LogP contribution in [0.5, 0.6) is 5.75 Å². The number of allylic oxidation sites excluding steroid dienone is 1. The Morgan fingerprint density at radius 3 is 2.49 bits per heavy atom. The first kappa shape index (κ1) is 27.7. The minimum absolute atomic E-state index is 0.0172. The van der Waals surface area contributed by atoms with Gasteiger partial charge in [-0.2, -0.15) is 0 Å². The van der Waals surface area contributed by atoms with E-state index in [1.54, 1.807) is 31.5 Å². The van der Waals surface area contributed by atoms with Crippen molar-refractivity contribution in [3.05, 3.63) is 71.0 Å². The van der Waals surface area contributed by atoms with Crippen LogP contribution in [0.4, 0.5) is 4.79 Å². The van der Waals surface area contributed by atoms with Gasteiger partial charge >= 0.3 is 6.03 Å². The lowest BCUT2D eigenvalue weighted by Gasteiger charge is -2.32. The molecule has 0 aliphatic heterocycles. The maximum absolute atomic E-state index is 12.8. The third-order valence-electron chi connectivity index (χ3n) is 6.39. The number of carbonyl (C=O) groups excluding carboxylic acids is 1. The Labute approximate surface area is 218 Å². The van der Waals surface area contributed by atoms with Crippen LogP contribution in [0.3, 0.4) is 0 Å². The van der Waals surface area contributed by atoms with Crippen molar-refractivity contribution in [2.45, 2.75) is 59.6 Å². The number of ether oxygens (including phenoxy) is 1. The van der Waals surface area contributed by atoms with Crippen molar-refractivity contribution in [3.8, 4) is 5.75 Å². The largest absolute Gasteiger partial charge is 0.484 e. The van der Waals surface area contributed by atoms with Crippen LogP contribution in [0.1, 0.15) is 70.7 Å². The van der Waals surface area contributed by atoms with Crippen LogP contribution in [0, 0.1) is 22.2 Å². The van der Waals surface area contributed by atoms with E-state index in [2.05, 4.69) is 15.6 Å². The van der Waals surface area contributed by atoms with Gasteiger partial charge in [-0.05, 0) is 42.2 Å². The SMILES string of the molecule is CN=C(/C=C(\N)C(C)(C)C)NC(=O)N[C@H]1CC[C@@H](Oc2ccc(=N)n(C(=N)C(C)C)c2)c2ccccc21. The summed E-state index contributed by atoms with van der Waals surface area (Å²) in [4.78, 5) is 17.0. The van der Waals surface area contributed by atoms with E-state index in [1.807, 2.05) is 58.9 Å². The van der Waals surface area contributed by atoms with E-state index >= 15 is 0 Å². The van der Waals surface area contributed by atoms with Crippen LogP contribution >= 0.6 is 0 Å². The predicted molar refractivity (Wildman–Crippen MR) is 147 cm³/mol. The smallest absolute Gasteiger partial charge is 0.320 e. The third kappa shape index (κ3) is 6.87. The first-order valence-corrected chi connectivity index (χ1v) is 12.5. The summed E-state index contributed by atoms with van der Waals surface area (Å²) in [5.41, 5.74) is 8.77. The Morgan fingerprint density at radius 1 is 1.19 bits per heavy atom. The van der Waals surface area contributed by atoms with E-state index in [-0.39, 0.29) is 35.0 Å². The monoisotopic (exact) mass is 505 g/mol. The molecule has 2 amide bonds. The first-order valence-electron chi connectivity index (χ1n) is 12.5. The zero-order valence-corrected chi connectivity index (χ0v) is 22.6. The number of amidine groups is 1. The van der Waals surface area contributed by atoms with E-state index in [1.165, 1.54) is 4.57 Å². The molecule has 0 saturated heterocycles. The van der Waals surface area contributed by atoms with Crippen LogP contribution in [0.15, 0.2) is 59.4 Å².